The summed E-state index contributed by atoms with van der Waals surface area (Å²) in [5.74, 6) is 0.181. The summed E-state index contributed by atoms with van der Waals surface area (Å²) in [7, 11) is 0. The minimum Gasteiger partial charge on any atom is -0.299 e. The molecule has 0 bridgehead atoms. The molecule has 0 atom stereocenters. The van der Waals surface area contributed by atoms with Crippen molar-refractivity contribution in [1.29, 1.82) is 5.26 Å². The van der Waals surface area contributed by atoms with E-state index in [0.29, 0.717) is 11.3 Å². The summed E-state index contributed by atoms with van der Waals surface area (Å²) in [6, 6.07) is 19.4. The van der Waals surface area contributed by atoms with Crippen LogP contribution in [0.25, 0.3) is 11.3 Å². The molecule has 3 aromatic rings. The van der Waals surface area contributed by atoms with Crippen LogP contribution in [0.3, 0.4) is 0 Å². The standard InChI is InChI=1S/C27H32N6O/c1-3-5-15-33(16-6-4-2)20-22-12-10-11-21(17-22)19-29-32-27-30-25(23-13-8-7-9-14-23)24(18-28)26(34)31-27/h7-14,17,19H,3-6,15-16,20H2,1-2H3,(H2,30,31,32,34). The lowest BCUT2D eigenvalue weighted by Crippen LogP contribution is -2.25. The first-order valence-corrected chi connectivity index (χ1v) is 11.8. The average Bonchev–Trinajstić information content (AvgIpc) is 2.86. The van der Waals surface area contributed by atoms with Gasteiger partial charge in [0.05, 0.1) is 11.9 Å². The molecule has 1 heterocycles. The predicted octanol–water partition coefficient (Wildman–Crippen LogP) is 5.16. The van der Waals surface area contributed by atoms with Crippen LogP contribution in [0.15, 0.2) is 64.5 Å². The Hall–Kier alpha value is -3.76. The van der Waals surface area contributed by atoms with Gasteiger partial charge in [0, 0.05) is 12.1 Å². The normalized spacial score (nSPS) is 11.1. The van der Waals surface area contributed by atoms with Crippen LogP contribution in [0.2, 0.25) is 0 Å². The van der Waals surface area contributed by atoms with Crippen LogP contribution in [0.4, 0.5) is 5.95 Å². The lowest BCUT2D eigenvalue weighted by molar-refractivity contribution is 0.257. The summed E-state index contributed by atoms with van der Waals surface area (Å²) in [5.41, 5.74) is 5.48. The zero-order valence-corrected chi connectivity index (χ0v) is 19.9. The summed E-state index contributed by atoms with van der Waals surface area (Å²) in [6.45, 7) is 7.58. The van der Waals surface area contributed by atoms with E-state index < -0.39 is 5.56 Å². The van der Waals surface area contributed by atoms with Gasteiger partial charge in [-0.25, -0.2) is 10.4 Å². The highest BCUT2D eigenvalue weighted by Crippen LogP contribution is 2.19. The van der Waals surface area contributed by atoms with Crippen LogP contribution in [0.1, 0.15) is 56.2 Å². The third-order valence-corrected chi connectivity index (χ3v) is 5.48. The molecular weight excluding hydrogens is 424 g/mol. The molecule has 3 rings (SSSR count). The summed E-state index contributed by atoms with van der Waals surface area (Å²) < 4.78 is 0. The minimum atomic E-state index is -0.504. The van der Waals surface area contributed by atoms with Crippen LogP contribution in [-0.4, -0.2) is 34.2 Å². The molecule has 7 nitrogen and oxygen atoms in total. The number of H-pyrrole nitrogens is 1. The Morgan fingerprint density at radius 2 is 1.82 bits per heavy atom. The molecular formula is C27H32N6O. The van der Waals surface area contributed by atoms with Gasteiger partial charge in [0.1, 0.15) is 11.6 Å². The first kappa shape index (κ1) is 24.9. The van der Waals surface area contributed by atoms with Crippen molar-refractivity contribution >= 4 is 12.2 Å². The lowest BCUT2D eigenvalue weighted by atomic mass is 10.1. The van der Waals surface area contributed by atoms with Gasteiger partial charge in [0.2, 0.25) is 5.95 Å². The van der Waals surface area contributed by atoms with Crippen molar-refractivity contribution in [2.45, 2.75) is 46.1 Å². The highest BCUT2D eigenvalue weighted by molar-refractivity contribution is 5.80. The average molecular weight is 457 g/mol. The maximum atomic E-state index is 12.4. The van der Waals surface area contributed by atoms with Crippen molar-refractivity contribution in [1.82, 2.24) is 14.9 Å². The van der Waals surface area contributed by atoms with Gasteiger partial charge < -0.3 is 0 Å². The van der Waals surface area contributed by atoms with E-state index in [1.807, 2.05) is 48.5 Å². The van der Waals surface area contributed by atoms with Gasteiger partial charge in [-0.05, 0) is 43.1 Å². The van der Waals surface area contributed by atoms with Crippen molar-refractivity contribution in [3.05, 3.63) is 81.6 Å². The van der Waals surface area contributed by atoms with E-state index >= 15 is 0 Å². The second-order valence-electron chi connectivity index (χ2n) is 8.21. The van der Waals surface area contributed by atoms with Crippen molar-refractivity contribution < 1.29 is 0 Å². The number of hydrazone groups is 1. The van der Waals surface area contributed by atoms with Crippen LogP contribution in [0.5, 0.6) is 0 Å². The van der Waals surface area contributed by atoms with Crippen molar-refractivity contribution in [2.75, 3.05) is 18.5 Å². The smallest absolute Gasteiger partial charge is 0.270 e. The van der Waals surface area contributed by atoms with E-state index in [2.05, 4.69) is 51.4 Å². The Morgan fingerprint density at radius 3 is 2.50 bits per heavy atom. The fourth-order valence-corrected chi connectivity index (χ4v) is 3.67. The van der Waals surface area contributed by atoms with Crippen LogP contribution >= 0.6 is 0 Å². The van der Waals surface area contributed by atoms with E-state index in [1.54, 1.807) is 6.21 Å². The number of aromatic nitrogens is 2. The molecule has 0 radical (unpaired) electrons. The highest BCUT2D eigenvalue weighted by atomic mass is 16.1. The number of rotatable bonds is 12. The quantitative estimate of drug-likeness (QED) is 0.290. The predicted molar refractivity (Wildman–Crippen MR) is 138 cm³/mol. The number of hydrogen-bond acceptors (Lipinski definition) is 6. The summed E-state index contributed by atoms with van der Waals surface area (Å²) in [4.78, 5) is 21.9. The van der Waals surface area contributed by atoms with E-state index in [9.17, 15) is 10.1 Å². The molecule has 1 aromatic heterocycles. The molecule has 0 saturated carbocycles. The van der Waals surface area contributed by atoms with Crippen LogP contribution in [0, 0.1) is 11.3 Å². The Labute approximate surface area is 201 Å². The monoisotopic (exact) mass is 456 g/mol. The molecule has 176 valence electrons. The molecule has 0 aliphatic heterocycles. The van der Waals surface area contributed by atoms with Crippen LogP contribution < -0.4 is 11.0 Å². The van der Waals surface area contributed by atoms with Crippen molar-refractivity contribution in [2.24, 2.45) is 5.10 Å². The molecule has 0 unspecified atom stereocenters. The number of anilines is 1. The van der Waals surface area contributed by atoms with Crippen molar-refractivity contribution in [3.8, 4) is 17.3 Å². The van der Waals surface area contributed by atoms with Gasteiger partial charge in [-0.15, -0.1) is 0 Å². The number of hydrogen-bond donors (Lipinski definition) is 2. The number of benzene rings is 2. The number of aromatic amines is 1. The number of nitrogens with one attached hydrogen (secondary N) is 2. The molecule has 34 heavy (non-hydrogen) atoms. The van der Waals surface area contributed by atoms with E-state index in [1.165, 1.54) is 31.2 Å². The molecule has 0 spiro atoms. The third-order valence-electron chi connectivity index (χ3n) is 5.48. The number of nitrogens with zero attached hydrogens (tertiary/aromatic N) is 4. The zero-order valence-electron chi connectivity index (χ0n) is 19.9. The second kappa shape index (κ2) is 13.1. The van der Waals surface area contributed by atoms with Gasteiger partial charge in [0.25, 0.3) is 5.56 Å². The number of unbranched alkanes of at least 4 members (excludes halogenated alkanes) is 2. The van der Waals surface area contributed by atoms with E-state index in [4.69, 9.17) is 0 Å². The molecule has 2 N–H and O–H groups in total. The Bertz CT molecular complexity index is 1170. The Kier molecular flexibility index (Phi) is 9.56. The zero-order chi connectivity index (χ0) is 24.2. The Morgan fingerprint density at radius 1 is 1.09 bits per heavy atom. The van der Waals surface area contributed by atoms with Crippen molar-refractivity contribution in [3.63, 3.8) is 0 Å². The molecule has 7 heteroatoms. The van der Waals surface area contributed by atoms with Gasteiger partial charge in [-0.2, -0.15) is 10.4 Å². The lowest BCUT2D eigenvalue weighted by Gasteiger charge is -2.22. The van der Waals surface area contributed by atoms with Gasteiger partial charge in [-0.3, -0.25) is 14.7 Å². The van der Waals surface area contributed by atoms with Gasteiger partial charge in [0.15, 0.2) is 0 Å². The molecule has 0 saturated heterocycles. The summed E-state index contributed by atoms with van der Waals surface area (Å²) in [6.07, 6.45) is 6.49. The molecule has 0 aliphatic carbocycles. The maximum Gasteiger partial charge on any atom is 0.270 e. The largest absolute Gasteiger partial charge is 0.299 e. The number of nitriles is 1. The Balaban J connectivity index is 1.73. The molecule has 2 aromatic carbocycles. The summed E-state index contributed by atoms with van der Waals surface area (Å²) in [5, 5.41) is 13.7. The second-order valence-corrected chi connectivity index (χ2v) is 8.21. The highest BCUT2D eigenvalue weighted by Gasteiger charge is 2.13. The fourth-order valence-electron chi connectivity index (χ4n) is 3.67. The topological polar surface area (TPSA) is 97.2 Å². The molecule has 0 fully saturated rings. The van der Waals surface area contributed by atoms with E-state index in [0.717, 1.165) is 25.2 Å². The first-order chi connectivity index (χ1) is 16.6. The third kappa shape index (κ3) is 7.12. The maximum absolute atomic E-state index is 12.4. The fraction of sp³-hybridized carbons (Fsp3) is 0.333. The first-order valence-electron chi connectivity index (χ1n) is 11.8. The molecule has 0 amide bonds. The summed E-state index contributed by atoms with van der Waals surface area (Å²) >= 11 is 0. The molecule has 0 aliphatic rings. The van der Waals surface area contributed by atoms with Gasteiger partial charge >= 0.3 is 0 Å². The minimum absolute atomic E-state index is 0.0240. The van der Waals surface area contributed by atoms with Gasteiger partial charge in [-0.1, -0.05) is 75.2 Å². The van der Waals surface area contributed by atoms with E-state index in [-0.39, 0.29) is 11.5 Å². The SMILES string of the molecule is CCCCN(CCCC)Cc1cccc(C=NNc2nc(-c3ccccc3)c(C#N)c(=O)[nH]2)c1. The van der Waals surface area contributed by atoms with Crippen LogP contribution in [-0.2, 0) is 6.54 Å².